The molecule has 12 heteroatoms. The first-order valence-corrected chi connectivity index (χ1v) is 11.3. The maximum Gasteiger partial charge on any atom is 0.345 e. The van der Waals surface area contributed by atoms with Crippen LogP contribution in [0.1, 0.15) is 25.7 Å². The molecule has 0 fully saturated rings. The first-order valence-electron chi connectivity index (χ1n) is 11.0. The predicted molar refractivity (Wildman–Crippen MR) is 128 cm³/mol. The van der Waals surface area contributed by atoms with Crippen molar-refractivity contribution in [1.82, 2.24) is 14.1 Å². The van der Waals surface area contributed by atoms with E-state index in [1.54, 1.807) is 12.1 Å². The number of hydrogen-bond donors (Lipinski definition) is 1. The van der Waals surface area contributed by atoms with Gasteiger partial charge in [0.1, 0.15) is 11.6 Å². The highest BCUT2D eigenvalue weighted by Gasteiger charge is 2.41. The number of anilines is 1. The minimum Gasteiger partial charge on any atom is -0.495 e. The van der Waals surface area contributed by atoms with Gasteiger partial charge in [-0.05, 0) is 49.9 Å². The van der Waals surface area contributed by atoms with Gasteiger partial charge in [-0.25, -0.2) is 32.8 Å². The molecule has 2 aromatic carbocycles. The molecule has 36 heavy (non-hydrogen) atoms. The van der Waals surface area contributed by atoms with Gasteiger partial charge in [0.15, 0.2) is 0 Å². The van der Waals surface area contributed by atoms with E-state index in [1.165, 1.54) is 19.2 Å². The summed E-state index contributed by atoms with van der Waals surface area (Å²) < 4.78 is 21.4. The molecule has 0 unspecified atom stereocenters. The quantitative estimate of drug-likeness (QED) is 0.535. The topological polar surface area (TPSA) is 123 Å². The molecule has 1 N–H and O–H groups in total. The average molecular weight is 513 g/mol. The van der Waals surface area contributed by atoms with Gasteiger partial charge >= 0.3 is 17.1 Å². The number of aromatic nitrogens is 3. The van der Waals surface area contributed by atoms with Gasteiger partial charge in [0.25, 0.3) is 11.8 Å². The van der Waals surface area contributed by atoms with Crippen LogP contribution >= 0.6 is 11.6 Å². The Hall–Kier alpha value is -4.25. The molecule has 0 radical (unpaired) electrons. The summed E-state index contributed by atoms with van der Waals surface area (Å²) in [5, 5.41) is -0.356. The van der Waals surface area contributed by atoms with Gasteiger partial charge in [-0.15, -0.1) is 0 Å². The minimum absolute atomic E-state index is 0.0419. The molecule has 5 rings (SSSR count). The van der Waals surface area contributed by atoms with E-state index in [0.717, 1.165) is 25.0 Å². The lowest BCUT2D eigenvalue weighted by Crippen LogP contribution is -2.48. The second-order valence-electron chi connectivity index (χ2n) is 8.23. The van der Waals surface area contributed by atoms with Crippen LogP contribution in [0.5, 0.6) is 5.75 Å². The van der Waals surface area contributed by atoms with Gasteiger partial charge < -0.3 is 4.74 Å². The third-order valence-corrected chi connectivity index (χ3v) is 6.52. The monoisotopic (exact) mass is 512 g/mol. The number of benzene rings is 2. The molecule has 2 heterocycles. The summed E-state index contributed by atoms with van der Waals surface area (Å²) in [4.78, 5) is 67.5. The fourth-order valence-corrected chi connectivity index (χ4v) is 4.78. The smallest absolute Gasteiger partial charge is 0.345 e. The molecular weight excluding hydrogens is 495 g/mol. The van der Waals surface area contributed by atoms with Gasteiger partial charge in [0, 0.05) is 11.1 Å². The number of rotatable bonds is 4. The summed E-state index contributed by atoms with van der Waals surface area (Å²) >= 11 is 6.21. The maximum atomic E-state index is 15.0. The zero-order chi connectivity index (χ0) is 25.7. The fraction of sp³-hybridized carbons (Fsp3) is 0.208. The number of imide groups is 1. The Labute approximate surface area is 206 Å². The summed E-state index contributed by atoms with van der Waals surface area (Å²) in [5.41, 5.74) is -3.38. The van der Waals surface area contributed by atoms with Crippen LogP contribution in [0.4, 0.5) is 10.1 Å². The Bertz CT molecular complexity index is 1640. The molecule has 2 amide bonds. The van der Waals surface area contributed by atoms with E-state index in [9.17, 15) is 24.0 Å². The van der Waals surface area contributed by atoms with Crippen LogP contribution < -0.4 is 26.7 Å². The summed E-state index contributed by atoms with van der Waals surface area (Å²) in [7, 11) is 1.34. The number of amides is 2. The van der Waals surface area contributed by atoms with Crippen molar-refractivity contribution in [3.8, 4) is 17.1 Å². The van der Waals surface area contributed by atoms with Gasteiger partial charge in [-0.1, -0.05) is 23.7 Å². The van der Waals surface area contributed by atoms with Crippen LogP contribution in [0.3, 0.4) is 0 Å². The standard InChI is InChI=1S/C24H18ClFN4O6/c1-36-19-9-5-4-8-16(19)29-22(33)27-23(34)30(24(29)35)17-11-18(15(26)10-14(17)25)28-20(31)12-6-2-3-7-13(12)21(28)32/h4-5,8-11H,2-3,6-7H2,1H3,(H,27,33,34). The summed E-state index contributed by atoms with van der Waals surface area (Å²) in [6.07, 6.45) is 2.27. The Morgan fingerprint density at radius 2 is 1.44 bits per heavy atom. The van der Waals surface area contributed by atoms with Gasteiger partial charge in [-0.3, -0.25) is 14.6 Å². The van der Waals surface area contributed by atoms with E-state index >= 15 is 4.39 Å². The molecule has 1 aliphatic heterocycles. The number of para-hydroxylation sites is 2. The van der Waals surface area contributed by atoms with Gasteiger partial charge in [0.05, 0.1) is 29.2 Å². The summed E-state index contributed by atoms with van der Waals surface area (Å²) in [6.45, 7) is 0. The number of carbonyl (C=O) groups excluding carboxylic acids is 2. The van der Waals surface area contributed by atoms with Crippen molar-refractivity contribution in [3.63, 3.8) is 0 Å². The number of aromatic amines is 1. The lowest BCUT2D eigenvalue weighted by molar-refractivity contribution is -0.120. The van der Waals surface area contributed by atoms with E-state index in [4.69, 9.17) is 16.3 Å². The number of methoxy groups -OCH3 is 1. The molecule has 0 atom stereocenters. The number of nitrogens with zero attached hydrogens (tertiary/aromatic N) is 3. The van der Waals surface area contributed by atoms with E-state index in [1.807, 2.05) is 4.98 Å². The lowest BCUT2D eigenvalue weighted by atomic mass is 9.93. The molecular formula is C24H18ClFN4O6. The normalized spacial score (nSPS) is 15.5. The van der Waals surface area contributed by atoms with Crippen molar-refractivity contribution in [2.75, 3.05) is 12.0 Å². The number of H-pyrrole nitrogens is 1. The van der Waals surface area contributed by atoms with Gasteiger partial charge in [-0.2, -0.15) is 0 Å². The molecule has 10 nitrogen and oxygen atoms in total. The summed E-state index contributed by atoms with van der Waals surface area (Å²) in [6, 6.07) is 7.90. The third-order valence-electron chi connectivity index (χ3n) is 6.22. The molecule has 0 saturated heterocycles. The number of halogens is 2. The molecule has 1 aromatic heterocycles. The van der Waals surface area contributed by atoms with Gasteiger partial charge in [0.2, 0.25) is 0 Å². The molecule has 0 spiro atoms. The number of ether oxygens (including phenoxy) is 1. The molecule has 184 valence electrons. The van der Waals surface area contributed by atoms with Crippen LogP contribution in [0.2, 0.25) is 5.02 Å². The third kappa shape index (κ3) is 3.51. The van der Waals surface area contributed by atoms with E-state index in [-0.39, 0.29) is 22.1 Å². The minimum atomic E-state index is -1.15. The summed E-state index contributed by atoms with van der Waals surface area (Å²) in [5.74, 6) is -2.12. The SMILES string of the molecule is COc1ccccc1-n1c(=O)[nH]c(=O)n(-c2cc(N3C(=O)C4=C(CCCC4)C3=O)c(F)cc2Cl)c1=O. The van der Waals surface area contributed by atoms with Crippen LogP contribution in [-0.4, -0.2) is 33.0 Å². The van der Waals surface area contributed by atoms with E-state index in [2.05, 4.69) is 0 Å². The molecule has 1 aliphatic carbocycles. The molecule has 0 saturated carbocycles. The highest BCUT2D eigenvalue weighted by Crippen LogP contribution is 2.38. The first kappa shape index (κ1) is 23.5. The van der Waals surface area contributed by atoms with Crippen molar-refractivity contribution in [1.29, 1.82) is 0 Å². The Morgan fingerprint density at radius 3 is 2.06 bits per heavy atom. The van der Waals surface area contributed by atoms with Crippen molar-refractivity contribution < 1.29 is 18.7 Å². The Balaban J connectivity index is 1.72. The largest absolute Gasteiger partial charge is 0.495 e. The Morgan fingerprint density at radius 1 is 0.861 bits per heavy atom. The van der Waals surface area contributed by atoms with Crippen molar-refractivity contribution in [2.24, 2.45) is 0 Å². The van der Waals surface area contributed by atoms with Crippen LogP contribution in [-0.2, 0) is 9.59 Å². The fourth-order valence-electron chi connectivity index (χ4n) is 4.54. The number of nitrogens with one attached hydrogen (secondary N) is 1. The highest BCUT2D eigenvalue weighted by atomic mass is 35.5. The van der Waals surface area contributed by atoms with Crippen LogP contribution in [0, 0.1) is 5.82 Å². The molecule has 0 bridgehead atoms. The number of hydrogen-bond acceptors (Lipinski definition) is 6. The lowest BCUT2D eigenvalue weighted by Gasteiger charge is -2.18. The van der Waals surface area contributed by atoms with E-state index in [0.29, 0.717) is 38.0 Å². The van der Waals surface area contributed by atoms with E-state index < -0.39 is 40.4 Å². The van der Waals surface area contributed by atoms with Crippen molar-refractivity contribution >= 4 is 29.1 Å². The maximum absolute atomic E-state index is 15.0. The first-order chi connectivity index (χ1) is 17.2. The van der Waals surface area contributed by atoms with Crippen LogP contribution in [0.25, 0.3) is 11.4 Å². The molecule has 3 aromatic rings. The van der Waals surface area contributed by atoms with Crippen molar-refractivity contribution in [3.05, 3.63) is 89.8 Å². The second kappa shape index (κ2) is 8.76. The van der Waals surface area contributed by atoms with Crippen molar-refractivity contribution in [2.45, 2.75) is 25.7 Å². The highest BCUT2D eigenvalue weighted by molar-refractivity contribution is 6.34. The zero-order valence-electron chi connectivity index (χ0n) is 18.8. The van der Waals surface area contributed by atoms with Crippen LogP contribution in [0.15, 0.2) is 61.9 Å². The zero-order valence-corrected chi connectivity index (χ0v) is 19.6. The Kier molecular flexibility index (Phi) is 5.71. The average Bonchev–Trinajstić information content (AvgIpc) is 3.10. The molecule has 2 aliphatic rings. The second-order valence-corrected chi connectivity index (χ2v) is 8.63. The number of carbonyl (C=O) groups is 2. The predicted octanol–water partition coefficient (Wildman–Crippen LogP) is 2.22.